The molecule has 0 saturated carbocycles. The Hall–Kier alpha value is -0.830. The summed E-state index contributed by atoms with van der Waals surface area (Å²) in [5, 5.41) is 0.297. The summed E-state index contributed by atoms with van der Waals surface area (Å²) in [6, 6.07) is 2.62. The summed E-state index contributed by atoms with van der Waals surface area (Å²) in [7, 11) is -7.27. The molecular weight excluding hydrogens is 336 g/mol. The summed E-state index contributed by atoms with van der Waals surface area (Å²) in [5.74, 6) is 0. The van der Waals surface area contributed by atoms with Crippen LogP contribution in [0, 0.1) is 6.92 Å². The maximum Gasteiger partial charge on any atom is 0.240 e. The Bertz CT molecular complexity index is 732. The van der Waals surface area contributed by atoms with Crippen molar-refractivity contribution in [3.63, 3.8) is 0 Å². The predicted octanol–water partition coefficient (Wildman–Crippen LogP) is 1.33. The molecule has 0 spiro atoms. The van der Waals surface area contributed by atoms with E-state index in [4.69, 9.17) is 17.3 Å². The quantitative estimate of drug-likeness (QED) is 0.776. The van der Waals surface area contributed by atoms with Crippen molar-refractivity contribution in [3.05, 3.63) is 22.7 Å². The van der Waals surface area contributed by atoms with Gasteiger partial charge >= 0.3 is 0 Å². The summed E-state index contributed by atoms with van der Waals surface area (Å²) in [6.45, 7) is 4.30. The van der Waals surface area contributed by atoms with Crippen LogP contribution in [0.3, 0.4) is 0 Å². The van der Waals surface area contributed by atoms with E-state index < -0.39 is 24.6 Å². The number of benzene rings is 1. The minimum Gasteiger partial charge on any atom is -0.397 e. The highest BCUT2D eigenvalue weighted by Crippen LogP contribution is 2.27. The lowest BCUT2D eigenvalue weighted by molar-refractivity contribution is 0.537. The van der Waals surface area contributed by atoms with E-state index in [0.717, 1.165) is 6.26 Å². The Balaban J connectivity index is 3.09. The Morgan fingerprint density at radius 1 is 1.24 bits per heavy atom. The third-order valence-corrected chi connectivity index (χ3v) is 7.31. The zero-order valence-corrected chi connectivity index (χ0v) is 14.7. The lowest BCUT2D eigenvalue weighted by Crippen LogP contribution is -2.43. The summed E-state index contributed by atoms with van der Waals surface area (Å²) >= 11 is 5.89. The second-order valence-electron chi connectivity index (χ2n) is 5.50. The molecular formula is C12H19ClN2O4S2. The summed E-state index contributed by atoms with van der Waals surface area (Å²) in [6.07, 6.45) is 1.06. The number of hydrogen-bond donors (Lipinski definition) is 2. The standard InChI is InChI=1S/C12H19ClN2O4S2/c1-8-5-9(6-10(14)11(8)13)21(18,19)15-7-12(2,3)20(4,16)17/h5-6,15H,7,14H2,1-4H3. The fourth-order valence-electron chi connectivity index (χ4n) is 1.40. The molecule has 0 aliphatic rings. The molecule has 0 atom stereocenters. The Morgan fingerprint density at radius 3 is 2.19 bits per heavy atom. The van der Waals surface area contributed by atoms with Crippen LogP contribution in [0.4, 0.5) is 5.69 Å². The number of anilines is 1. The molecule has 0 unspecified atom stereocenters. The fraction of sp³-hybridized carbons (Fsp3) is 0.500. The number of halogens is 1. The van der Waals surface area contributed by atoms with Gasteiger partial charge in [0.2, 0.25) is 10.0 Å². The SMILES string of the molecule is Cc1cc(S(=O)(=O)NCC(C)(C)S(C)(=O)=O)cc(N)c1Cl. The highest BCUT2D eigenvalue weighted by atomic mass is 35.5. The van der Waals surface area contributed by atoms with E-state index in [-0.39, 0.29) is 17.1 Å². The number of aryl methyl sites for hydroxylation is 1. The molecule has 0 aliphatic heterocycles. The molecule has 0 bridgehead atoms. The van der Waals surface area contributed by atoms with E-state index >= 15 is 0 Å². The maximum absolute atomic E-state index is 12.2. The molecule has 21 heavy (non-hydrogen) atoms. The second-order valence-corrected chi connectivity index (χ2v) is 10.3. The van der Waals surface area contributed by atoms with E-state index in [1.165, 1.54) is 26.0 Å². The third kappa shape index (κ3) is 4.09. The van der Waals surface area contributed by atoms with Crippen molar-refractivity contribution >= 4 is 37.1 Å². The van der Waals surface area contributed by atoms with E-state index in [1.54, 1.807) is 6.92 Å². The summed E-state index contributed by atoms with van der Waals surface area (Å²) < 4.78 is 48.7. The van der Waals surface area contributed by atoms with Gasteiger partial charge < -0.3 is 5.73 Å². The zero-order chi connectivity index (χ0) is 16.6. The van der Waals surface area contributed by atoms with Gasteiger partial charge in [0, 0.05) is 12.8 Å². The molecule has 0 amide bonds. The Morgan fingerprint density at radius 2 is 1.76 bits per heavy atom. The van der Waals surface area contributed by atoms with Gasteiger partial charge in [-0.1, -0.05) is 11.6 Å². The highest BCUT2D eigenvalue weighted by molar-refractivity contribution is 7.92. The van der Waals surface area contributed by atoms with Crippen LogP contribution in [0.15, 0.2) is 17.0 Å². The second kappa shape index (κ2) is 5.75. The molecule has 0 fully saturated rings. The van der Waals surface area contributed by atoms with Gasteiger partial charge in [-0.25, -0.2) is 21.6 Å². The first-order valence-corrected chi connectivity index (χ1v) is 9.78. The molecule has 0 radical (unpaired) electrons. The summed E-state index contributed by atoms with van der Waals surface area (Å²) in [4.78, 5) is -0.0498. The van der Waals surface area contributed by atoms with Crippen molar-refractivity contribution < 1.29 is 16.8 Å². The van der Waals surface area contributed by atoms with Crippen molar-refractivity contribution in [1.29, 1.82) is 0 Å². The minimum atomic E-state index is -3.87. The minimum absolute atomic E-state index is 0.0498. The van der Waals surface area contributed by atoms with Gasteiger partial charge in [0.05, 0.1) is 20.4 Å². The largest absolute Gasteiger partial charge is 0.397 e. The Kier molecular flexibility index (Phi) is 4.99. The van der Waals surface area contributed by atoms with Gasteiger partial charge in [-0.2, -0.15) is 0 Å². The van der Waals surface area contributed by atoms with Gasteiger partial charge in [0.1, 0.15) is 0 Å². The number of hydrogen-bond acceptors (Lipinski definition) is 5. The van der Waals surface area contributed by atoms with Crippen LogP contribution >= 0.6 is 11.6 Å². The average Bonchev–Trinajstić information content (AvgIpc) is 2.31. The van der Waals surface area contributed by atoms with E-state index in [9.17, 15) is 16.8 Å². The molecule has 3 N–H and O–H groups in total. The van der Waals surface area contributed by atoms with Crippen LogP contribution in [0.5, 0.6) is 0 Å². The first-order valence-electron chi connectivity index (χ1n) is 6.03. The third-order valence-electron chi connectivity index (χ3n) is 3.26. The highest BCUT2D eigenvalue weighted by Gasteiger charge is 2.32. The van der Waals surface area contributed by atoms with Gasteiger partial charge in [-0.05, 0) is 38.5 Å². The van der Waals surface area contributed by atoms with Crippen LogP contribution in [0.25, 0.3) is 0 Å². The molecule has 0 aliphatic carbocycles. The molecule has 6 nitrogen and oxygen atoms in total. The molecule has 0 aromatic heterocycles. The monoisotopic (exact) mass is 354 g/mol. The average molecular weight is 355 g/mol. The summed E-state index contributed by atoms with van der Waals surface area (Å²) in [5.41, 5.74) is 6.33. The van der Waals surface area contributed by atoms with Gasteiger partial charge in [0.25, 0.3) is 0 Å². The lowest BCUT2D eigenvalue weighted by atomic mass is 10.2. The molecule has 9 heteroatoms. The zero-order valence-electron chi connectivity index (χ0n) is 12.3. The lowest BCUT2D eigenvalue weighted by Gasteiger charge is -2.22. The molecule has 120 valence electrons. The number of rotatable bonds is 5. The number of sulfonamides is 1. The van der Waals surface area contributed by atoms with Gasteiger partial charge in [-0.3, -0.25) is 0 Å². The van der Waals surface area contributed by atoms with Gasteiger partial charge in [-0.15, -0.1) is 0 Å². The maximum atomic E-state index is 12.2. The van der Waals surface area contributed by atoms with E-state index in [0.29, 0.717) is 10.6 Å². The molecule has 1 aromatic rings. The van der Waals surface area contributed by atoms with Crippen molar-refractivity contribution in [2.24, 2.45) is 0 Å². The number of nitrogen functional groups attached to an aromatic ring is 1. The van der Waals surface area contributed by atoms with Crippen LogP contribution in [0.2, 0.25) is 5.02 Å². The van der Waals surface area contributed by atoms with Crippen LogP contribution in [-0.4, -0.2) is 34.4 Å². The Labute approximate surface area is 130 Å². The predicted molar refractivity (Wildman–Crippen MR) is 84.7 cm³/mol. The van der Waals surface area contributed by atoms with Crippen LogP contribution in [-0.2, 0) is 19.9 Å². The molecule has 0 saturated heterocycles. The van der Waals surface area contributed by atoms with Crippen LogP contribution in [0.1, 0.15) is 19.4 Å². The smallest absolute Gasteiger partial charge is 0.240 e. The van der Waals surface area contributed by atoms with E-state index in [1.807, 2.05) is 0 Å². The van der Waals surface area contributed by atoms with Crippen molar-refractivity contribution in [3.8, 4) is 0 Å². The van der Waals surface area contributed by atoms with Crippen LogP contribution < -0.4 is 10.5 Å². The van der Waals surface area contributed by atoms with Crippen molar-refractivity contribution in [2.45, 2.75) is 30.4 Å². The molecule has 1 aromatic carbocycles. The molecule has 1 rings (SSSR count). The first-order chi connectivity index (χ1) is 9.28. The van der Waals surface area contributed by atoms with Gasteiger partial charge in [0.15, 0.2) is 9.84 Å². The molecule has 0 heterocycles. The van der Waals surface area contributed by atoms with Crippen molar-refractivity contribution in [1.82, 2.24) is 4.72 Å². The fourth-order valence-corrected chi connectivity index (χ4v) is 3.27. The van der Waals surface area contributed by atoms with Crippen molar-refractivity contribution in [2.75, 3.05) is 18.5 Å². The normalized spacial score (nSPS) is 13.4. The van der Waals surface area contributed by atoms with E-state index in [2.05, 4.69) is 4.72 Å². The number of sulfone groups is 1. The number of nitrogens with two attached hydrogens (primary N) is 1. The first kappa shape index (κ1) is 18.2. The topological polar surface area (TPSA) is 106 Å². The number of nitrogens with one attached hydrogen (secondary N) is 1.